The van der Waals surface area contributed by atoms with E-state index in [9.17, 15) is 0 Å². The maximum Gasteiger partial charge on any atom is -0.0139 e. The molecule has 9 heavy (non-hydrogen) atoms. The van der Waals surface area contributed by atoms with Crippen LogP contribution >= 0.6 is 0 Å². The van der Waals surface area contributed by atoms with Gasteiger partial charge in [-0.25, -0.2) is 0 Å². The molecular weight excluding hydrogens is 108 g/mol. The topological polar surface area (TPSA) is 0 Å². The minimum absolute atomic E-state index is 0.742. The molecule has 0 aromatic heterocycles. The second-order valence-electron chi connectivity index (χ2n) is 3.01. The number of hydrogen-bond acceptors (Lipinski definition) is 0. The van der Waals surface area contributed by atoms with Crippen LogP contribution in [0.2, 0.25) is 0 Å². The Morgan fingerprint density at radius 3 is 2.78 bits per heavy atom. The van der Waals surface area contributed by atoms with Crippen molar-refractivity contribution in [2.45, 2.75) is 26.7 Å². The van der Waals surface area contributed by atoms with Crippen LogP contribution in [0.15, 0.2) is 23.8 Å². The molecule has 1 unspecified atom stereocenters. The van der Waals surface area contributed by atoms with Crippen molar-refractivity contribution in [1.82, 2.24) is 0 Å². The highest BCUT2D eigenvalue weighted by Crippen LogP contribution is 2.26. The molecule has 0 amide bonds. The molecule has 0 aromatic carbocycles. The summed E-state index contributed by atoms with van der Waals surface area (Å²) in [7, 11) is 0. The first-order chi connectivity index (χ1) is 4.20. The molecule has 0 bridgehead atoms. The van der Waals surface area contributed by atoms with Crippen molar-refractivity contribution in [2.75, 3.05) is 0 Å². The lowest BCUT2D eigenvalue weighted by Gasteiger charge is -2.18. The molecule has 0 saturated heterocycles. The van der Waals surface area contributed by atoms with E-state index < -0.39 is 0 Å². The number of allylic oxidation sites excluding steroid dienone is 3. The van der Waals surface area contributed by atoms with Crippen LogP contribution < -0.4 is 0 Å². The predicted molar refractivity (Wildman–Crippen MR) is 41.3 cm³/mol. The van der Waals surface area contributed by atoms with Crippen molar-refractivity contribution in [1.29, 1.82) is 0 Å². The van der Waals surface area contributed by atoms with E-state index in [1.54, 1.807) is 0 Å². The molecule has 0 saturated carbocycles. The summed E-state index contributed by atoms with van der Waals surface area (Å²) >= 11 is 0. The standard InChI is InChI=1S/C9H14/c1-7-4-5-8(2)9(3)6-7/h5,9H,1,4,6H2,2-3H3. The largest absolute Gasteiger partial charge is 0.0995 e. The van der Waals surface area contributed by atoms with E-state index >= 15 is 0 Å². The van der Waals surface area contributed by atoms with Crippen LogP contribution in [0.3, 0.4) is 0 Å². The predicted octanol–water partition coefficient (Wildman–Crippen LogP) is 2.92. The Morgan fingerprint density at radius 2 is 2.33 bits per heavy atom. The quantitative estimate of drug-likeness (QED) is 0.433. The first-order valence-corrected chi connectivity index (χ1v) is 3.53. The Balaban J connectivity index is 2.67. The molecule has 0 heterocycles. The van der Waals surface area contributed by atoms with Gasteiger partial charge in [0.15, 0.2) is 0 Å². The van der Waals surface area contributed by atoms with Gasteiger partial charge in [-0.05, 0) is 25.7 Å². The molecule has 50 valence electrons. The Morgan fingerprint density at radius 1 is 1.67 bits per heavy atom. The molecular formula is C9H14. The zero-order chi connectivity index (χ0) is 6.85. The van der Waals surface area contributed by atoms with Gasteiger partial charge in [0.1, 0.15) is 0 Å². The van der Waals surface area contributed by atoms with Gasteiger partial charge in [-0.1, -0.05) is 30.7 Å². The van der Waals surface area contributed by atoms with Crippen LogP contribution in [0, 0.1) is 5.92 Å². The maximum absolute atomic E-state index is 3.95. The van der Waals surface area contributed by atoms with Gasteiger partial charge in [0, 0.05) is 0 Å². The minimum atomic E-state index is 0.742. The Hall–Kier alpha value is -0.520. The van der Waals surface area contributed by atoms with Gasteiger partial charge in [0.2, 0.25) is 0 Å². The molecule has 1 atom stereocenters. The van der Waals surface area contributed by atoms with Gasteiger partial charge >= 0.3 is 0 Å². The Kier molecular flexibility index (Phi) is 1.75. The fraction of sp³-hybridized carbons (Fsp3) is 0.556. The van der Waals surface area contributed by atoms with E-state index in [4.69, 9.17) is 0 Å². The molecule has 0 fully saturated rings. The smallest absolute Gasteiger partial charge is 0.0139 e. The maximum atomic E-state index is 3.95. The van der Waals surface area contributed by atoms with Crippen LogP contribution in [0.1, 0.15) is 26.7 Å². The lowest BCUT2D eigenvalue weighted by molar-refractivity contribution is 0.639. The second-order valence-corrected chi connectivity index (χ2v) is 3.01. The first kappa shape index (κ1) is 6.60. The molecule has 1 rings (SSSR count). The van der Waals surface area contributed by atoms with E-state index in [0.29, 0.717) is 0 Å². The minimum Gasteiger partial charge on any atom is -0.0995 e. The monoisotopic (exact) mass is 122 g/mol. The van der Waals surface area contributed by atoms with E-state index in [1.165, 1.54) is 17.6 Å². The van der Waals surface area contributed by atoms with Crippen molar-refractivity contribution in [3.8, 4) is 0 Å². The van der Waals surface area contributed by atoms with Crippen LogP contribution in [-0.4, -0.2) is 0 Å². The van der Waals surface area contributed by atoms with Gasteiger partial charge in [-0.15, -0.1) is 0 Å². The zero-order valence-electron chi connectivity index (χ0n) is 6.28. The van der Waals surface area contributed by atoms with Crippen LogP contribution in [0.4, 0.5) is 0 Å². The summed E-state index contributed by atoms with van der Waals surface area (Å²) in [6.45, 7) is 8.42. The van der Waals surface area contributed by atoms with Gasteiger partial charge in [0.25, 0.3) is 0 Å². The summed E-state index contributed by atoms with van der Waals surface area (Å²) in [6.07, 6.45) is 4.59. The molecule has 0 heteroatoms. The van der Waals surface area contributed by atoms with Gasteiger partial charge in [-0.2, -0.15) is 0 Å². The lowest BCUT2D eigenvalue weighted by Crippen LogP contribution is -2.02. The summed E-state index contributed by atoms with van der Waals surface area (Å²) < 4.78 is 0. The summed E-state index contributed by atoms with van der Waals surface area (Å²) in [5.74, 6) is 0.742. The van der Waals surface area contributed by atoms with Crippen molar-refractivity contribution in [2.24, 2.45) is 5.92 Å². The molecule has 1 aliphatic rings. The van der Waals surface area contributed by atoms with E-state index in [2.05, 4.69) is 26.5 Å². The van der Waals surface area contributed by atoms with Crippen molar-refractivity contribution in [3.63, 3.8) is 0 Å². The fourth-order valence-corrected chi connectivity index (χ4v) is 1.18. The zero-order valence-corrected chi connectivity index (χ0v) is 6.28. The van der Waals surface area contributed by atoms with Crippen molar-refractivity contribution < 1.29 is 0 Å². The molecule has 1 aliphatic carbocycles. The molecule has 0 radical (unpaired) electrons. The van der Waals surface area contributed by atoms with E-state index in [1.807, 2.05) is 0 Å². The third-order valence-corrected chi connectivity index (χ3v) is 2.08. The summed E-state index contributed by atoms with van der Waals surface area (Å²) in [4.78, 5) is 0. The number of hydrogen-bond donors (Lipinski definition) is 0. The molecule has 0 spiro atoms. The van der Waals surface area contributed by atoms with Gasteiger partial charge < -0.3 is 0 Å². The van der Waals surface area contributed by atoms with Crippen molar-refractivity contribution >= 4 is 0 Å². The van der Waals surface area contributed by atoms with Gasteiger partial charge in [0.05, 0.1) is 0 Å². The highest BCUT2D eigenvalue weighted by atomic mass is 14.2. The lowest BCUT2D eigenvalue weighted by atomic mass is 9.88. The Bertz CT molecular complexity index is 151. The van der Waals surface area contributed by atoms with Gasteiger partial charge in [-0.3, -0.25) is 0 Å². The SMILES string of the molecule is C=C1CC=C(C)C(C)C1. The van der Waals surface area contributed by atoms with Crippen LogP contribution in [0.5, 0.6) is 0 Å². The highest BCUT2D eigenvalue weighted by molar-refractivity contribution is 5.17. The average Bonchev–Trinajstić information content (AvgIpc) is 1.80. The van der Waals surface area contributed by atoms with E-state index in [0.717, 1.165) is 12.3 Å². The average molecular weight is 122 g/mol. The molecule has 0 nitrogen and oxygen atoms in total. The molecule has 0 N–H and O–H groups in total. The third-order valence-electron chi connectivity index (χ3n) is 2.08. The highest BCUT2D eigenvalue weighted by Gasteiger charge is 2.09. The third kappa shape index (κ3) is 1.44. The number of rotatable bonds is 0. The van der Waals surface area contributed by atoms with Crippen LogP contribution in [-0.2, 0) is 0 Å². The molecule has 0 aromatic rings. The first-order valence-electron chi connectivity index (χ1n) is 3.53. The summed E-state index contributed by atoms with van der Waals surface area (Å²) in [6, 6.07) is 0. The Labute approximate surface area is 57.3 Å². The fourth-order valence-electron chi connectivity index (χ4n) is 1.18. The van der Waals surface area contributed by atoms with Crippen molar-refractivity contribution in [3.05, 3.63) is 23.8 Å². The van der Waals surface area contributed by atoms with E-state index in [-0.39, 0.29) is 0 Å². The summed E-state index contributed by atoms with van der Waals surface area (Å²) in [5, 5.41) is 0. The van der Waals surface area contributed by atoms with Crippen LogP contribution in [0.25, 0.3) is 0 Å². The molecule has 0 aliphatic heterocycles. The second kappa shape index (κ2) is 2.38. The normalized spacial score (nSPS) is 28.0. The summed E-state index contributed by atoms with van der Waals surface area (Å²) in [5.41, 5.74) is 2.91.